The van der Waals surface area contributed by atoms with Gasteiger partial charge in [0.2, 0.25) is 5.95 Å². The molecular weight excluding hydrogens is 420 g/mol. The quantitative estimate of drug-likeness (QED) is 0.318. The number of hydrogen-bond acceptors (Lipinski definition) is 8. The van der Waals surface area contributed by atoms with Crippen LogP contribution in [-0.4, -0.2) is 38.2 Å². The molecule has 3 N–H and O–H groups in total. The van der Waals surface area contributed by atoms with E-state index in [1.54, 1.807) is 17.5 Å². The molecule has 8 heteroatoms. The number of anilines is 2. The van der Waals surface area contributed by atoms with Crippen molar-refractivity contribution in [2.45, 2.75) is 33.2 Å². The molecule has 0 spiro atoms. The number of nitrogens with zero attached hydrogens (tertiary/aromatic N) is 4. The Hall–Kier alpha value is -3.10. The Labute approximate surface area is 192 Å². The highest BCUT2D eigenvalue weighted by molar-refractivity contribution is 7.21. The summed E-state index contributed by atoms with van der Waals surface area (Å²) in [5, 5.41) is 17.2. The minimum atomic E-state index is 0.198. The highest BCUT2D eigenvalue weighted by atomic mass is 32.1. The molecule has 3 heterocycles. The minimum Gasteiger partial charge on any atom is -0.396 e. The lowest BCUT2D eigenvalue weighted by Crippen LogP contribution is -2.14. The van der Waals surface area contributed by atoms with E-state index in [9.17, 15) is 5.11 Å². The molecule has 32 heavy (non-hydrogen) atoms. The number of rotatable bonds is 10. The maximum atomic E-state index is 9.53. The number of aryl methyl sites for hydroxylation is 1. The van der Waals surface area contributed by atoms with Gasteiger partial charge in [0.05, 0.1) is 21.5 Å². The molecule has 0 radical (unpaired) electrons. The second kappa shape index (κ2) is 10.5. The Bertz CT molecular complexity index is 1130. The number of fused-ring (bicyclic) bond motifs is 1. The van der Waals surface area contributed by atoms with Crippen LogP contribution in [0, 0.1) is 12.8 Å². The van der Waals surface area contributed by atoms with Crippen LogP contribution in [0.15, 0.2) is 48.8 Å². The molecular formula is C24H28N6OS. The van der Waals surface area contributed by atoms with Crippen LogP contribution < -0.4 is 10.6 Å². The molecule has 0 fully saturated rings. The Morgan fingerprint density at radius 3 is 2.69 bits per heavy atom. The van der Waals surface area contributed by atoms with E-state index in [1.165, 1.54) is 0 Å². The Balaban J connectivity index is 1.63. The molecule has 0 aliphatic heterocycles. The number of aliphatic hydroxyl groups excluding tert-OH is 1. The molecule has 0 bridgehead atoms. The van der Waals surface area contributed by atoms with Crippen molar-refractivity contribution in [1.82, 2.24) is 19.9 Å². The van der Waals surface area contributed by atoms with E-state index < -0.39 is 0 Å². The summed E-state index contributed by atoms with van der Waals surface area (Å²) in [6.45, 7) is 5.60. The number of nitrogens with one attached hydrogen (secondary N) is 2. The van der Waals surface area contributed by atoms with Gasteiger partial charge in [0.25, 0.3) is 0 Å². The van der Waals surface area contributed by atoms with Gasteiger partial charge in [-0.25, -0.2) is 9.97 Å². The Morgan fingerprint density at radius 1 is 1.06 bits per heavy atom. The second-order valence-corrected chi connectivity index (χ2v) is 8.76. The van der Waals surface area contributed by atoms with E-state index in [2.05, 4.69) is 28.6 Å². The number of para-hydroxylation sites is 1. The van der Waals surface area contributed by atoms with Gasteiger partial charge < -0.3 is 15.7 Å². The topological polar surface area (TPSA) is 95.8 Å². The van der Waals surface area contributed by atoms with E-state index >= 15 is 0 Å². The lowest BCUT2D eigenvalue weighted by Gasteiger charge is -2.16. The van der Waals surface area contributed by atoms with Gasteiger partial charge >= 0.3 is 0 Å². The maximum absolute atomic E-state index is 9.53. The molecule has 4 aromatic rings. The average molecular weight is 449 g/mol. The van der Waals surface area contributed by atoms with E-state index in [0.717, 1.165) is 57.2 Å². The number of pyridine rings is 1. The molecule has 0 saturated heterocycles. The first-order valence-corrected chi connectivity index (χ1v) is 11.7. The fraction of sp³-hybridized carbons (Fsp3) is 0.333. The zero-order chi connectivity index (χ0) is 22.3. The molecule has 3 aromatic heterocycles. The van der Waals surface area contributed by atoms with Crippen LogP contribution in [0.2, 0.25) is 0 Å². The number of aliphatic hydroxyl groups is 1. The summed E-state index contributed by atoms with van der Waals surface area (Å²) in [7, 11) is 0. The maximum Gasteiger partial charge on any atom is 0.225 e. The van der Waals surface area contributed by atoms with Gasteiger partial charge in [-0.05, 0) is 43.0 Å². The number of aromatic nitrogens is 4. The highest BCUT2D eigenvalue weighted by Crippen LogP contribution is 2.36. The Kier molecular flexibility index (Phi) is 7.24. The summed E-state index contributed by atoms with van der Waals surface area (Å²) in [5.41, 5.74) is 3.83. The van der Waals surface area contributed by atoms with Crippen LogP contribution in [0.3, 0.4) is 0 Å². The molecule has 166 valence electrons. The zero-order valence-electron chi connectivity index (χ0n) is 18.4. The molecule has 0 amide bonds. The largest absolute Gasteiger partial charge is 0.396 e. The highest BCUT2D eigenvalue weighted by Gasteiger charge is 2.18. The molecule has 0 saturated carbocycles. The average Bonchev–Trinajstić information content (AvgIpc) is 3.24. The summed E-state index contributed by atoms with van der Waals surface area (Å²) in [6, 6.07) is 12.1. The third-order valence-corrected chi connectivity index (χ3v) is 6.51. The van der Waals surface area contributed by atoms with E-state index in [0.29, 0.717) is 12.5 Å². The van der Waals surface area contributed by atoms with Crippen molar-refractivity contribution in [2.75, 3.05) is 23.8 Å². The van der Waals surface area contributed by atoms with Crippen molar-refractivity contribution in [3.8, 4) is 10.6 Å². The number of thiazole rings is 1. The molecule has 0 aliphatic rings. The van der Waals surface area contributed by atoms with E-state index in [1.807, 2.05) is 43.5 Å². The van der Waals surface area contributed by atoms with Gasteiger partial charge in [-0.15, -0.1) is 11.3 Å². The van der Waals surface area contributed by atoms with Crippen LogP contribution in [0.4, 0.5) is 11.8 Å². The van der Waals surface area contributed by atoms with Gasteiger partial charge in [-0.3, -0.25) is 4.98 Å². The van der Waals surface area contributed by atoms with E-state index in [4.69, 9.17) is 15.0 Å². The summed E-state index contributed by atoms with van der Waals surface area (Å²) in [6.07, 6.45) is 5.40. The summed E-state index contributed by atoms with van der Waals surface area (Å²) in [5.74, 6) is 1.60. The van der Waals surface area contributed by atoms with Crippen LogP contribution in [0.25, 0.3) is 20.8 Å². The van der Waals surface area contributed by atoms with Crippen molar-refractivity contribution >= 4 is 33.3 Å². The summed E-state index contributed by atoms with van der Waals surface area (Å²) in [4.78, 5) is 18.5. The second-order valence-electron chi connectivity index (χ2n) is 7.73. The van der Waals surface area contributed by atoms with Crippen molar-refractivity contribution in [3.05, 3.63) is 60.0 Å². The van der Waals surface area contributed by atoms with Gasteiger partial charge in [0, 0.05) is 32.1 Å². The Morgan fingerprint density at radius 2 is 1.94 bits per heavy atom. The number of hydrogen-bond donors (Lipinski definition) is 3. The normalized spacial score (nSPS) is 12.1. The third-order valence-electron chi connectivity index (χ3n) is 5.45. The standard InChI is InChI=1S/C24H28N6OS/c1-3-17(15-31)10-12-26-22-21(23-29-19-8-4-5-9-20(19)32-23)16(2)28-24(30-22)27-14-18-7-6-11-25-13-18/h4-9,11,13,17,31H,3,10,12,14-15H2,1-2H3,(H2,26,27,28,30). The SMILES string of the molecule is CCC(CO)CCNc1nc(NCc2cccnc2)nc(C)c1-c1nc2ccccc2s1. The molecule has 7 nitrogen and oxygen atoms in total. The first-order chi connectivity index (χ1) is 15.7. The first kappa shape index (κ1) is 22.1. The molecule has 0 aliphatic carbocycles. The minimum absolute atomic E-state index is 0.198. The van der Waals surface area contributed by atoms with E-state index in [-0.39, 0.29) is 12.5 Å². The van der Waals surface area contributed by atoms with Crippen molar-refractivity contribution in [2.24, 2.45) is 5.92 Å². The molecule has 4 rings (SSSR count). The predicted molar refractivity (Wildman–Crippen MR) is 131 cm³/mol. The number of benzene rings is 1. The van der Waals surface area contributed by atoms with Gasteiger partial charge in [0.15, 0.2) is 0 Å². The third kappa shape index (κ3) is 5.20. The van der Waals surface area contributed by atoms with Gasteiger partial charge in [0.1, 0.15) is 10.8 Å². The monoisotopic (exact) mass is 448 g/mol. The zero-order valence-corrected chi connectivity index (χ0v) is 19.2. The lowest BCUT2D eigenvalue weighted by atomic mass is 10.0. The summed E-state index contributed by atoms with van der Waals surface area (Å²) < 4.78 is 1.14. The van der Waals surface area contributed by atoms with Crippen LogP contribution in [-0.2, 0) is 6.54 Å². The molecule has 1 aromatic carbocycles. The van der Waals surface area contributed by atoms with Crippen molar-refractivity contribution in [1.29, 1.82) is 0 Å². The van der Waals surface area contributed by atoms with Gasteiger partial charge in [-0.2, -0.15) is 4.98 Å². The molecule has 1 atom stereocenters. The van der Waals surface area contributed by atoms with Crippen molar-refractivity contribution < 1.29 is 5.11 Å². The summed E-state index contributed by atoms with van der Waals surface area (Å²) >= 11 is 1.64. The van der Waals surface area contributed by atoms with Gasteiger partial charge in [-0.1, -0.05) is 31.5 Å². The molecule has 1 unspecified atom stereocenters. The first-order valence-electron chi connectivity index (χ1n) is 10.9. The van der Waals surface area contributed by atoms with Crippen LogP contribution in [0.5, 0.6) is 0 Å². The van der Waals surface area contributed by atoms with Crippen molar-refractivity contribution in [3.63, 3.8) is 0 Å². The lowest BCUT2D eigenvalue weighted by molar-refractivity contribution is 0.217. The van der Waals surface area contributed by atoms with Crippen LogP contribution >= 0.6 is 11.3 Å². The predicted octanol–water partition coefficient (Wildman–Crippen LogP) is 4.89. The van der Waals surface area contributed by atoms with Crippen LogP contribution in [0.1, 0.15) is 31.0 Å². The fourth-order valence-corrected chi connectivity index (χ4v) is 4.58. The fourth-order valence-electron chi connectivity index (χ4n) is 3.52. The smallest absolute Gasteiger partial charge is 0.225 e.